The van der Waals surface area contributed by atoms with E-state index in [0.29, 0.717) is 11.7 Å². The number of hydrogen-bond acceptors (Lipinski definition) is 2. The van der Waals surface area contributed by atoms with Gasteiger partial charge in [-0.3, -0.25) is 0 Å². The maximum atomic E-state index is 10.2. The molecule has 2 N–H and O–H groups in total. The van der Waals surface area contributed by atoms with E-state index in [1.165, 1.54) is 24.0 Å². The molecule has 0 bridgehead atoms. The highest BCUT2D eigenvalue weighted by Gasteiger charge is 2.34. The van der Waals surface area contributed by atoms with Crippen LogP contribution in [0.25, 0.3) is 0 Å². The van der Waals surface area contributed by atoms with E-state index in [9.17, 15) is 10.2 Å². The van der Waals surface area contributed by atoms with Gasteiger partial charge in [-0.25, -0.2) is 0 Å². The molecule has 1 aliphatic carbocycles. The van der Waals surface area contributed by atoms with E-state index in [4.69, 9.17) is 0 Å². The molecule has 1 fully saturated rings. The summed E-state index contributed by atoms with van der Waals surface area (Å²) in [5, 5.41) is 20.3. The zero-order valence-electron chi connectivity index (χ0n) is 16.2. The zero-order valence-corrected chi connectivity index (χ0v) is 22.5. The number of halogens is 4. The fourth-order valence-electron chi connectivity index (χ4n) is 4.31. The molecule has 0 radical (unpaired) electrons. The van der Waals surface area contributed by atoms with Crippen molar-refractivity contribution in [3.05, 3.63) is 52.3 Å². The fraction of sp³-hybridized carbons (Fsp3) is 0.455. The quantitative estimate of drug-likeness (QED) is 0.354. The number of benzene rings is 2. The maximum Gasteiger partial charge on any atom is 0.144 e. The molecule has 0 amide bonds. The van der Waals surface area contributed by atoms with Gasteiger partial charge in [0.1, 0.15) is 11.5 Å². The Hall–Kier alpha value is -0.0400. The van der Waals surface area contributed by atoms with Crippen molar-refractivity contribution in [2.24, 2.45) is 5.92 Å². The minimum atomic E-state index is 0.120. The summed E-state index contributed by atoms with van der Waals surface area (Å²) in [7, 11) is 0. The standard InChI is InChI=1S/C22H24Br4O2/c1-11-15(12(2)19(26)21(28)18(11)25)8-13-4-6-22(3,7-5-13)14-9-16(23)20(27)17(24)10-14/h9-10,13,27-28H,4-8H2,1-3H3. The number of hydrogen-bond donors (Lipinski definition) is 2. The molecule has 1 aliphatic rings. The van der Waals surface area contributed by atoms with Crippen molar-refractivity contribution in [1.82, 2.24) is 0 Å². The van der Waals surface area contributed by atoms with Gasteiger partial charge in [0.2, 0.25) is 0 Å². The molecule has 0 heterocycles. The van der Waals surface area contributed by atoms with Gasteiger partial charge in [0.15, 0.2) is 0 Å². The van der Waals surface area contributed by atoms with Crippen LogP contribution in [-0.4, -0.2) is 10.2 Å². The molecule has 0 spiro atoms. The van der Waals surface area contributed by atoms with Crippen molar-refractivity contribution in [2.45, 2.75) is 58.3 Å². The van der Waals surface area contributed by atoms with Crippen LogP contribution in [0.3, 0.4) is 0 Å². The van der Waals surface area contributed by atoms with Crippen LogP contribution in [0.1, 0.15) is 54.9 Å². The topological polar surface area (TPSA) is 40.5 Å². The lowest BCUT2D eigenvalue weighted by atomic mass is 9.67. The van der Waals surface area contributed by atoms with E-state index in [-0.39, 0.29) is 11.2 Å². The second-order valence-corrected chi connectivity index (χ2v) is 11.5. The minimum absolute atomic E-state index is 0.120. The molecule has 0 unspecified atom stereocenters. The molecule has 6 heteroatoms. The smallest absolute Gasteiger partial charge is 0.144 e. The predicted molar refractivity (Wildman–Crippen MR) is 130 cm³/mol. The summed E-state index contributed by atoms with van der Waals surface area (Å²) in [5.41, 5.74) is 5.00. The molecule has 28 heavy (non-hydrogen) atoms. The molecular formula is C22H24Br4O2. The summed E-state index contributed by atoms with van der Waals surface area (Å²) in [4.78, 5) is 0. The van der Waals surface area contributed by atoms with E-state index in [2.05, 4.69) is 96.6 Å². The molecule has 3 rings (SSSR count). The van der Waals surface area contributed by atoms with Gasteiger partial charge in [0.05, 0.1) is 17.9 Å². The predicted octanol–water partition coefficient (Wildman–Crippen LogP) is 8.46. The van der Waals surface area contributed by atoms with Crippen LogP contribution in [0.5, 0.6) is 11.5 Å². The first kappa shape index (κ1) is 22.6. The van der Waals surface area contributed by atoms with E-state index >= 15 is 0 Å². The van der Waals surface area contributed by atoms with E-state index < -0.39 is 0 Å². The summed E-state index contributed by atoms with van der Waals surface area (Å²) < 4.78 is 3.06. The van der Waals surface area contributed by atoms with Gasteiger partial charge in [0, 0.05) is 0 Å². The van der Waals surface area contributed by atoms with Gasteiger partial charge in [-0.05, 0) is 155 Å². The second-order valence-electron chi connectivity index (χ2n) is 8.20. The third-order valence-electron chi connectivity index (χ3n) is 6.39. The Bertz CT molecular complexity index is 863. The number of phenols is 2. The molecule has 2 aromatic carbocycles. The Morgan fingerprint density at radius 2 is 1.36 bits per heavy atom. The molecular weight excluding hydrogens is 616 g/mol. The van der Waals surface area contributed by atoms with E-state index in [1.54, 1.807) is 0 Å². The van der Waals surface area contributed by atoms with E-state index in [0.717, 1.165) is 48.3 Å². The van der Waals surface area contributed by atoms with Gasteiger partial charge in [-0.15, -0.1) is 0 Å². The summed E-state index contributed by atoms with van der Waals surface area (Å²) in [6, 6.07) is 4.12. The van der Waals surface area contributed by atoms with Crippen LogP contribution in [-0.2, 0) is 11.8 Å². The van der Waals surface area contributed by atoms with Gasteiger partial charge in [-0.1, -0.05) is 6.92 Å². The van der Waals surface area contributed by atoms with Crippen molar-refractivity contribution in [2.75, 3.05) is 0 Å². The molecule has 2 aromatic rings. The van der Waals surface area contributed by atoms with Crippen LogP contribution in [0.15, 0.2) is 30.0 Å². The highest BCUT2D eigenvalue weighted by Crippen LogP contribution is 2.47. The highest BCUT2D eigenvalue weighted by atomic mass is 79.9. The Balaban J connectivity index is 1.78. The normalized spacial score (nSPS) is 22.5. The Labute approximate surface area is 200 Å². The molecule has 2 nitrogen and oxygen atoms in total. The van der Waals surface area contributed by atoms with Gasteiger partial charge in [-0.2, -0.15) is 0 Å². The highest BCUT2D eigenvalue weighted by molar-refractivity contribution is 9.11. The summed E-state index contributed by atoms with van der Waals surface area (Å²) in [5.74, 6) is 1.19. The monoisotopic (exact) mass is 636 g/mol. The molecule has 152 valence electrons. The number of aromatic hydroxyl groups is 2. The van der Waals surface area contributed by atoms with E-state index in [1.807, 2.05) is 0 Å². The number of phenolic OH excluding ortho intramolecular Hbond substituents is 2. The Morgan fingerprint density at radius 3 is 1.82 bits per heavy atom. The number of rotatable bonds is 3. The molecule has 1 saturated carbocycles. The average Bonchev–Trinajstić information content (AvgIpc) is 2.67. The summed E-state index contributed by atoms with van der Waals surface area (Å²) >= 11 is 14.0. The zero-order chi connectivity index (χ0) is 20.8. The van der Waals surface area contributed by atoms with Crippen molar-refractivity contribution in [1.29, 1.82) is 0 Å². The van der Waals surface area contributed by atoms with Crippen molar-refractivity contribution in [3.63, 3.8) is 0 Å². The van der Waals surface area contributed by atoms with Crippen molar-refractivity contribution in [3.8, 4) is 11.5 Å². The summed E-state index contributed by atoms with van der Waals surface area (Å²) in [6.45, 7) is 6.49. The first-order valence-corrected chi connectivity index (χ1v) is 12.6. The molecule has 0 saturated heterocycles. The molecule has 0 aliphatic heterocycles. The third kappa shape index (κ3) is 4.21. The SMILES string of the molecule is Cc1c(Br)c(O)c(Br)c(C)c1CC1CCC(C)(c2cc(Br)c(O)c(Br)c2)CC1. The molecule has 0 aromatic heterocycles. The van der Waals surface area contributed by atoms with Crippen LogP contribution >= 0.6 is 63.7 Å². The Kier molecular flexibility index (Phi) is 6.96. The third-order valence-corrected chi connectivity index (χ3v) is 9.54. The largest absolute Gasteiger partial charge is 0.506 e. The first-order valence-electron chi connectivity index (χ1n) is 9.39. The van der Waals surface area contributed by atoms with Gasteiger partial charge >= 0.3 is 0 Å². The Morgan fingerprint density at radius 1 is 0.893 bits per heavy atom. The minimum Gasteiger partial charge on any atom is -0.506 e. The van der Waals surface area contributed by atoms with Gasteiger partial charge in [0.25, 0.3) is 0 Å². The lowest BCUT2D eigenvalue weighted by molar-refractivity contribution is 0.246. The lowest BCUT2D eigenvalue weighted by Gasteiger charge is -2.38. The van der Waals surface area contributed by atoms with Crippen molar-refractivity contribution < 1.29 is 10.2 Å². The lowest BCUT2D eigenvalue weighted by Crippen LogP contribution is -2.29. The first-order chi connectivity index (χ1) is 13.0. The van der Waals surface area contributed by atoms with Crippen LogP contribution in [0, 0.1) is 19.8 Å². The second kappa shape index (κ2) is 8.60. The maximum absolute atomic E-state index is 10.2. The van der Waals surface area contributed by atoms with Crippen molar-refractivity contribution >= 4 is 63.7 Å². The fourth-order valence-corrected chi connectivity index (χ4v) is 6.64. The van der Waals surface area contributed by atoms with Gasteiger partial charge < -0.3 is 10.2 Å². The van der Waals surface area contributed by atoms with Crippen LogP contribution < -0.4 is 0 Å². The summed E-state index contributed by atoms with van der Waals surface area (Å²) in [6.07, 6.45) is 5.62. The van der Waals surface area contributed by atoms with Crippen LogP contribution in [0.4, 0.5) is 0 Å². The van der Waals surface area contributed by atoms with Crippen LogP contribution in [0.2, 0.25) is 0 Å². The average molecular weight is 640 g/mol. The molecule has 0 atom stereocenters.